The molecule has 1 saturated heterocycles. The molecule has 20 heavy (non-hydrogen) atoms. The van der Waals surface area contributed by atoms with E-state index in [1.807, 2.05) is 0 Å². The molecule has 2 amide bonds. The van der Waals surface area contributed by atoms with E-state index in [4.69, 9.17) is 9.88 Å². The fourth-order valence-corrected chi connectivity index (χ4v) is 2.94. The molecule has 0 aliphatic carbocycles. The molecule has 0 saturated carbocycles. The van der Waals surface area contributed by atoms with E-state index in [1.165, 1.54) is 18.2 Å². The van der Waals surface area contributed by atoms with Gasteiger partial charge in [0.1, 0.15) is 0 Å². The number of benzene rings is 1. The molecule has 9 heteroatoms. The third-order valence-electron chi connectivity index (χ3n) is 2.78. The number of nitrogens with one attached hydrogen (secondary N) is 2. The van der Waals surface area contributed by atoms with Crippen LogP contribution in [0.2, 0.25) is 0 Å². The van der Waals surface area contributed by atoms with Crippen LogP contribution in [0.25, 0.3) is 0 Å². The molecule has 0 radical (unpaired) electrons. The summed E-state index contributed by atoms with van der Waals surface area (Å²) in [6.45, 7) is 1.14. The van der Waals surface area contributed by atoms with E-state index in [-0.39, 0.29) is 17.0 Å². The number of urea groups is 1. The number of nitrogens with two attached hydrogens (primary N) is 1. The van der Waals surface area contributed by atoms with Crippen molar-refractivity contribution in [3.8, 4) is 0 Å². The van der Waals surface area contributed by atoms with E-state index in [0.717, 1.165) is 6.42 Å². The Bertz CT molecular complexity index is 614. The molecular formula is C11H14BrN3O4S. The van der Waals surface area contributed by atoms with Gasteiger partial charge in [0, 0.05) is 11.1 Å². The number of carbonyl (C=O) groups is 1. The third kappa shape index (κ3) is 3.92. The minimum atomic E-state index is -3.76. The molecule has 1 heterocycles. The molecule has 1 aromatic carbocycles. The molecule has 1 unspecified atom stereocenters. The predicted octanol–water partition coefficient (Wildman–Crippen LogP) is 1.01. The van der Waals surface area contributed by atoms with E-state index in [9.17, 15) is 13.2 Å². The standard InChI is InChI=1S/C11H14BrN3O4S/c12-9-5-8(20(13,17)18)1-2-10(9)15-11(16)14-7-3-4-19-6-7/h1-2,5,7H,3-4,6H2,(H2,13,17,18)(H2,14,15,16). The Kier molecular flexibility index (Phi) is 4.63. The predicted molar refractivity (Wildman–Crippen MR) is 76.9 cm³/mol. The minimum absolute atomic E-state index is 0.00234. The molecule has 7 nitrogen and oxygen atoms in total. The quantitative estimate of drug-likeness (QED) is 0.743. The van der Waals surface area contributed by atoms with Crippen LogP contribution in [0.5, 0.6) is 0 Å². The number of anilines is 1. The van der Waals surface area contributed by atoms with Crippen molar-refractivity contribution in [3.05, 3.63) is 22.7 Å². The zero-order valence-corrected chi connectivity index (χ0v) is 12.8. The summed E-state index contributed by atoms with van der Waals surface area (Å²) in [4.78, 5) is 11.7. The second-order valence-electron chi connectivity index (χ2n) is 4.35. The number of carbonyl (C=O) groups excluding carboxylic acids is 1. The molecule has 0 bridgehead atoms. The van der Waals surface area contributed by atoms with Crippen LogP contribution in [0.1, 0.15) is 6.42 Å². The second-order valence-corrected chi connectivity index (χ2v) is 6.76. The van der Waals surface area contributed by atoms with Crippen molar-refractivity contribution in [1.29, 1.82) is 0 Å². The Balaban J connectivity index is 2.04. The molecule has 1 aromatic rings. The number of primary sulfonamides is 1. The van der Waals surface area contributed by atoms with Gasteiger partial charge in [-0.05, 0) is 40.5 Å². The SMILES string of the molecule is NS(=O)(=O)c1ccc(NC(=O)NC2CCOC2)c(Br)c1. The summed E-state index contributed by atoms with van der Waals surface area (Å²) in [6, 6.07) is 3.76. The first-order valence-corrected chi connectivity index (χ1v) is 8.18. The van der Waals surface area contributed by atoms with Gasteiger partial charge in [-0.2, -0.15) is 0 Å². The maximum atomic E-state index is 11.8. The van der Waals surface area contributed by atoms with Gasteiger partial charge >= 0.3 is 6.03 Å². The molecule has 1 fully saturated rings. The first-order valence-electron chi connectivity index (χ1n) is 5.84. The normalized spacial score (nSPS) is 18.8. The summed E-state index contributed by atoms with van der Waals surface area (Å²) in [5, 5.41) is 10.4. The molecule has 1 aliphatic heterocycles. The van der Waals surface area contributed by atoms with Crippen molar-refractivity contribution in [3.63, 3.8) is 0 Å². The molecule has 1 atom stereocenters. The van der Waals surface area contributed by atoms with Gasteiger partial charge in [0.05, 0.1) is 23.2 Å². The summed E-state index contributed by atoms with van der Waals surface area (Å²) >= 11 is 3.19. The second kappa shape index (κ2) is 6.08. The van der Waals surface area contributed by atoms with Crippen LogP contribution in [0, 0.1) is 0 Å². The van der Waals surface area contributed by atoms with Crippen LogP contribution in [-0.4, -0.2) is 33.7 Å². The van der Waals surface area contributed by atoms with Crippen molar-refractivity contribution in [2.45, 2.75) is 17.4 Å². The van der Waals surface area contributed by atoms with Gasteiger partial charge < -0.3 is 15.4 Å². The molecular weight excluding hydrogens is 350 g/mol. The van der Waals surface area contributed by atoms with E-state index in [1.54, 1.807) is 0 Å². The lowest BCUT2D eigenvalue weighted by Crippen LogP contribution is -2.38. The number of hydrogen-bond acceptors (Lipinski definition) is 4. The monoisotopic (exact) mass is 363 g/mol. The average molecular weight is 364 g/mol. The van der Waals surface area contributed by atoms with Gasteiger partial charge in [0.25, 0.3) is 0 Å². The van der Waals surface area contributed by atoms with Gasteiger partial charge in [-0.25, -0.2) is 18.4 Å². The maximum absolute atomic E-state index is 11.8. The first-order chi connectivity index (χ1) is 9.36. The van der Waals surface area contributed by atoms with Crippen molar-refractivity contribution in [2.24, 2.45) is 5.14 Å². The zero-order valence-electron chi connectivity index (χ0n) is 10.4. The molecule has 4 N–H and O–H groups in total. The zero-order chi connectivity index (χ0) is 14.8. The average Bonchev–Trinajstić information content (AvgIpc) is 2.83. The summed E-state index contributed by atoms with van der Waals surface area (Å²) in [5.74, 6) is 0. The molecule has 1 aliphatic rings. The Labute approximate surface area is 125 Å². The lowest BCUT2D eigenvalue weighted by Gasteiger charge is -2.13. The van der Waals surface area contributed by atoms with Crippen molar-refractivity contribution in [1.82, 2.24) is 5.32 Å². The van der Waals surface area contributed by atoms with Crippen LogP contribution in [-0.2, 0) is 14.8 Å². The van der Waals surface area contributed by atoms with Crippen LogP contribution in [0.3, 0.4) is 0 Å². The Morgan fingerprint density at radius 1 is 1.45 bits per heavy atom. The lowest BCUT2D eigenvalue weighted by molar-refractivity contribution is 0.189. The molecule has 0 aromatic heterocycles. The van der Waals surface area contributed by atoms with E-state index < -0.39 is 10.0 Å². The Morgan fingerprint density at radius 3 is 2.75 bits per heavy atom. The number of halogens is 1. The molecule has 2 rings (SSSR count). The largest absolute Gasteiger partial charge is 0.379 e. The number of hydrogen-bond donors (Lipinski definition) is 3. The molecule has 110 valence electrons. The summed E-state index contributed by atoms with van der Waals surface area (Å²) in [6.07, 6.45) is 0.777. The fraction of sp³-hybridized carbons (Fsp3) is 0.364. The smallest absolute Gasteiger partial charge is 0.319 e. The van der Waals surface area contributed by atoms with Crippen LogP contribution >= 0.6 is 15.9 Å². The highest BCUT2D eigenvalue weighted by Crippen LogP contribution is 2.25. The summed E-state index contributed by atoms with van der Waals surface area (Å²) in [5.41, 5.74) is 0.453. The minimum Gasteiger partial charge on any atom is -0.379 e. The Morgan fingerprint density at radius 2 is 2.20 bits per heavy atom. The van der Waals surface area contributed by atoms with Gasteiger partial charge in [-0.1, -0.05) is 0 Å². The summed E-state index contributed by atoms with van der Waals surface area (Å²) < 4.78 is 28.0. The number of amides is 2. The van der Waals surface area contributed by atoms with E-state index in [0.29, 0.717) is 23.4 Å². The number of sulfonamides is 1. The highest BCUT2D eigenvalue weighted by Gasteiger charge is 2.18. The number of ether oxygens (including phenoxy) is 1. The van der Waals surface area contributed by atoms with Crippen molar-refractivity contribution >= 4 is 37.7 Å². The van der Waals surface area contributed by atoms with Crippen molar-refractivity contribution < 1.29 is 17.9 Å². The highest BCUT2D eigenvalue weighted by atomic mass is 79.9. The van der Waals surface area contributed by atoms with Gasteiger partial charge in [0.15, 0.2) is 0 Å². The van der Waals surface area contributed by atoms with Crippen LogP contribution < -0.4 is 15.8 Å². The van der Waals surface area contributed by atoms with Crippen molar-refractivity contribution in [2.75, 3.05) is 18.5 Å². The third-order valence-corrected chi connectivity index (χ3v) is 4.35. The maximum Gasteiger partial charge on any atom is 0.319 e. The fourth-order valence-electron chi connectivity index (χ4n) is 1.77. The lowest BCUT2D eigenvalue weighted by atomic mass is 10.3. The highest BCUT2D eigenvalue weighted by molar-refractivity contribution is 9.10. The van der Waals surface area contributed by atoms with Gasteiger partial charge in [-0.15, -0.1) is 0 Å². The van der Waals surface area contributed by atoms with E-state index >= 15 is 0 Å². The van der Waals surface area contributed by atoms with Crippen LogP contribution in [0.15, 0.2) is 27.6 Å². The van der Waals surface area contributed by atoms with E-state index in [2.05, 4.69) is 26.6 Å². The van der Waals surface area contributed by atoms with Crippen LogP contribution in [0.4, 0.5) is 10.5 Å². The summed E-state index contributed by atoms with van der Waals surface area (Å²) in [7, 11) is -3.76. The first kappa shape index (κ1) is 15.2. The van der Waals surface area contributed by atoms with Gasteiger partial charge in [0.2, 0.25) is 10.0 Å². The van der Waals surface area contributed by atoms with Gasteiger partial charge in [-0.3, -0.25) is 0 Å². The molecule has 0 spiro atoms. The number of rotatable bonds is 3. The topological polar surface area (TPSA) is 111 Å². The Hall–Kier alpha value is -1.16.